The number of rotatable bonds is 4. The summed E-state index contributed by atoms with van der Waals surface area (Å²) < 4.78 is 5.64. The third kappa shape index (κ3) is 2.46. The molecule has 0 aliphatic heterocycles. The van der Waals surface area contributed by atoms with E-state index in [1.54, 1.807) is 18.2 Å². The van der Waals surface area contributed by atoms with Crippen molar-refractivity contribution in [3.63, 3.8) is 0 Å². The van der Waals surface area contributed by atoms with Crippen molar-refractivity contribution in [3.05, 3.63) is 39.5 Å². The highest BCUT2D eigenvalue weighted by molar-refractivity contribution is 6.37. The lowest BCUT2D eigenvalue weighted by Crippen LogP contribution is -1.99. The van der Waals surface area contributed by atoms with Crippen molar-refractivity contribution in [2.75, 3.05) is 6.61 Å². The van der Waals surface area contributed by atoms with Gasteiger partial charge in [-0.05, 0) is 37.0 Å². The van der Waals surface area contributed by atoms with Crippen LogP contribution in [0, 0.1) is 16.0 Å². The number of halogens is 1. The molecule has 1 saturated carbocycles. The van der Waals surface area contributed by atoms with E-state index in [4.69, 9.17) is 16.3 Å². The van der Waals surface area contributed by atoms with Crippen molar-refractivity contribution < 1.29 is 9.66 Å². The van der Waals surface area contributed by atoms with E-state index >= 15 is 0 Å². The molecule has 0 spiro atoms. The Morgan fingerprint density at radius 3 is 2.95 bits per heavy atom. The molecule has 0 saturated heterocycles. The Balaban J connectivity index is 1.98. The summed E-state index contributed by atoms with van der Waals surface area (Å²) in [5.41, 5.74) is 0.433. The zero-order valence-electron chi connectivity index (χ0n) is 10.0. The Labute approximate surface area is 114 Å². The van der Waals surface area contributed by atoms with Crippen molar-refractivity contribution in [1.82, 2.24) is 4.98 Å². The second-order valence-corrected chi connectivity index (χ2v) is 5.03. The number of nitrogens with zero attached hydrogens (tertiary/aromatic N) is 2. The second-order valence-electron chi connectivity index (χ2n) is 4.65. The smallest absolute Gasteiger partial charge is 0.306 e. The Bertz CT molecular complexity index is 656. The van der Waals surface area contributed by atoms with Crippen LogP contribution in [-0.2, 0) is 0 Å². The molecule has 19 heavy (non-hydrogen) atoms. The molecule has 0 radical (unpaired) electrons. The Morgan fingerprint density at radius 1 is 1.47 bits per heavy atom. The first-order chi connectivity index (χ1) is 9.15. The number of fused-ring (bicyclic) bond motifs is 1. The summed E-state index contributed by atoms with van der Waals surface area (Å²) in [5, 5.41) is 11.5. The Hall–Kier alpha value is -1.88. The first-order valence-corrected chi connectivity index (χ1v) is 6.38. The van der Waals surface area contributed by atoms with Gasteiger partial charge in [-0.2, -0.15) is 0 Å². The minimum Gasteiger partial charge on any atom is -0.493 e. The normalized spacial score (nSPS) is 14.6. The molecule has 0 bridgehead atoms. The Kier molecular flexibility index (Phi) is 2.98. The highest BCUT2D eigenvalue weighted by Gasteiger charge is 2.22. The Morgan fingerprint density at radius 2 is 2.26 bits per heavy atom. The third-order valence-corrected chi connectivity index (χ3v) is 3.53. The van der Waals surface area contributed by atoms with Gasteiger partial charge in [0.2, 0.25) is 0 Å². The van der Waals surface area contributed by atoms with Crippen LogP contribution in [0.4, 0.5) is 5.69 Å². The van der Waals surface area contributed by atoms with Crippen molar-refractivity contribution in [2.24, 2.45) is 5.92 Å². The van der Waals surface area contributed by atoms with E-state index in [1.807, 2.05) is 0 Å². The van der Waals surface area contributed by atoms with Crippen LogP contribution in [0.15, 0.2) is 24.4 Å². The molecular formula is C13H11ClN2O3. The summed E-state index contributed by atoms with van der Waals surface area (Å²) >= 11 is 6.05. The lowest BCUT2D eigenvalue weighted by molar-refractivity contribution is -0.384. The summed E-state index contributed by atoms with van der Waals surface area (Å²) in [5.74, 6) is 1.32. The molecule has 3 rings (SSSR count). The van der Waals surface area contributed by atoms with Gasteiger partial charge in [0, 0.05) is 5.39 Å². The first kappa shape index (κ1) is 12.2. The lowest BCUT2D eigenvalue weighted by Gasteiger charge is -2.07. The number of pyridine rings is 1. The van der Waals surface area contributed by atoms with Crippen LogP contribution in [0.3, 0.4) is 0 Å². The van der Waals surface area contributed by atoms with Gasteiger partial charge in [-0.1, -0.05) is 11.6 Å². The van der Waals surface area contributed by atoms with Crippen LogP contribution in [0.25, 0.3) is 10.9 Å². The van der Waals surface area contributed by atoms with Gasteiger partial charge < -0.3 is 4.74 Å². The molecule has 1 fully saturated rings. The SMILES string of the molecule is O=[N+]([O-])c1cnc2ccc(OCC3CC3)cc2c1Cl. The summed E-state index contributed by atoms with van der Waals surface area (Å²) in [6.07, 6.45) is 3.60. The number of aromatic nitrogens is 1. The molecule has 1 aliphatic rings. The van der Waals surface area contributed by atoms with Gasteiger partial charge in [0.05, 0.1) is 17.0 Å². The topological polar surface area (TPSA) is 65.3 Å². The summed E-state index contributed by atoms with van der Waals surface area (Å²) in [6, 6.07) is 5.27. The zero-order chi connectivity index (χ0) is 13.4. The van der Waals surface area contributed by atoms with E-state index in [2.05, 4.69) is 4.98 Å². The fraction of sp³-hybridized carbons (Fsp3) is 0.308. The second kappa shape index (κ2) is 4.66. The predicted molar refractivity (Wildman–Crippen MR) is 71.6 cm³/mol. The summed E-state index contributed by atoms with van der Waals surface area (Å²) in [4.78, 5) is 14.3. The van der Waals surface area contributed by atoms with Crippen LogP contribution < -0.4 is 4.74 Å². The van der Waals surface area contributed by atoms with Crippen molar-refractivity contribution in [3.8, 4) is 5.75 Å². The maximum Gasteiger partial charge on any atom is 0.306 e. The molecule has 5 nitrogen and oxygen atoms in total. The molecule has 0 N–H and O–H groups in total. The van der Waals surface area contributed by atoms with E-state index in [-0.39, 0.29) is 10.7 Å². The molecule has 98 valence electrons. The molecule has 6 heteroatoms. The van der Waals surface area contributed by atoms with E-state index < -0.39 is 4.92 Å². The number of ether oxygens (including phenoxy) is 1. The molecule has 0 amide bonds. The van der Waals surface area contributed by atoms with Crippen molar-refractivity contribution >= 4 is 28.2 Å². The molecule has 0 atom stereocenters. The molecular weight excluding hydrogens is 268 g/mol. The van der Waals surface area contributed by atoms with Gasteiger partial charge in [-0.25, -0.2) is 4.98 Å². The maximum atomic E-state index is 10.8. The third-order valence-electron chi connectivity index (χ3n) is 3.13. The van der Waals surface area contributed by atoms with E-state index in [1.165, 1.54) is 19.0 Å². The molecule has 1 aliphatic carbocycles. The van der Waals surface area contributed by atoms with Gasteiger partial charge in [-0.3, -0.25) is 10.1 Å². The fourth-order valence-electron chi connectivity index (χ4n) is 1.84. The van der Waals surface area contributed by atoms with Gasteiger partial charge in [0.25, 0.3) is 0 Å². The number of benzene rings is 1. The van der Waals surface area contributed by atoms with Gasteiger partial charge in [0.1, 0.15) is 17.0 Å². The van der Waals surface area contributed by atoms with E-state index in [9.17, 15) is 10.1 Å². The van der Waals surface area contributed by atoms with Crippen LogP contribution in [0.5, 0.6) is 5.75 Å². The van der Waals surface area contributed by atoms with Crippen LogP contribution in [-0.4, -0.2) is 16.5 Å². The minimum atomic E-state index is -0.535. The zero-order valence-corrected chi connectivity index (χ0v) is 10.8. The van der Waals surface area contributed by atoms with Crippen LogP contribution in [0.2, 0.25) is 5.02 Å². The lowest BCUT2D eigenvalue weighted by atomic mass is 10.2. The highest BCUT2D eigenvalue weighted by Crippen LogP contribution is 2.34. The fourth-order valence-corrected chi connectivity index (χ4v) is 2.11. The molecule has 1 heterocycles. The average Bonchev–Trinajstić information content (AvgIpc) is 3.20. The highest BCUT2D eigenvalue weighted by atomic mass is 35.5. The number of nitro groups is 1. The van der Waals surface area contributed by atoms with Crippen LogP contribution >= 0.6 is 11.6 Å². The molecule has 0 unspecified atom stereocenters. The maximum absolute atomic E-state index is 10.8. The van der Waals surface area contributed by atoms with E-state index in [0.717, 1.165) is 0 Å². The average molecular weight is 279 g/mol. The molecule has 2 aromatic rings. The van der Waals surface area contributed by atoms with Crippen LogP contribution in [0.1, 0.15) is 12.8 Å². The first-order valence-electron chi connectivity index (χ1n) is 6.00. The van der Waals surface area contributed by atoms with Gasteiger partial charge in [0.15, 0.2) is 0 Å². The number of hydrogen-bond acceptors (Lipinski definition) is 4. The molecule has 1 aromatic carbocycles. The van der Waals surface area contributed by atoms with Gasteiger partial charge in [-0.15, -0.1) is 0 Å². The minimum absolute atomic E-state index is 0.104. The summed E-state index contributed by atoms with van der Waals surface area (Å²) in [6.45, 7) is 0.686. The monoisotopic (exact) mass is 278 g/mol. The number of hydrogen-bond donors (Lipinski definition) is 0. The van der Waals surface area contributed by atoms with E-state index in [0.29, 0.717) is 29.2 Å². The van der Waals surface area contributed by atoms with Gasteiger partial charge >= 0.3 is 5.69 Å². The van der Waals surface area contributed by atoms with Crippen molar-refractivity contribution in [2.45, 2.75) is 12.8 Å². The predicted octanol–water partition coefficient (Wildman–Crippen LogP) is 3.59. The quantitative estimate of drug-likeness (QED) is 0.633. The largest absolute Gasteiger partial charge is 0.493 e. The summed E-state index contributed by atoms with van der Waals surface area (Å²) in [7, 11) is 0. The van der Waals surface area contributed by atoms with Crippen molar-refractivity contribution in [1.29, 1.82) is 0 Å². The standard InChI is InChI=1S/C13H11ClN2O3/c14-13-10-5-9(19-7-8-1-2-8)3-4-11(10)15-6-12(13)16(17)18/h3-6,8H,1-2,7H2. The molecule has 1 aromatic heterocycles.